The van der Waals surface area contributed by atoms with Crippen molar-refractivity contribution in [2.24, 2.45) is 10.9 Å². The third kappa shape index (κ3) is 5.66. The Morgan fingerprint density at radius 1 is 0.923 bits per heavy atom. The van der Waals surface area contributed by atoms with Crippen molar-refractivity contribution >= 4 is 17.8 Å². The minimum absolute atomic E-state index is 0.131. The number of nitrogens with one attached hydrogen (secondary N) is 1. The fourth-order valence-corrected chi connectivity index (χ4v) is 5.44. The van der Waals surface area contributed by atoms with Gasteiger partial charge in [-0.3, -0.25) is 19.8 Å². The molecule has 0 aliphatic carbocycles. The molecule has 8 nitrogen and oxygen atoms in total. The zero-order chi connectivity index (χ0) is 27.2. The largest absolute Gasteiger partial charge is 0.496 e. The van der Waals surface area contributed by atoms with Gasteiger partial charge in [0.2, 0.25) is 11.9 Å². The maximum atomic E-state index is 13.3. The van der Waals surface area contributed by atoms with Gasteiger partial charge in [0.1, 0.15) is 11.8 Å². The predicted molar refractivity (Wildman–Crippen MR) is 149 cm³/mol. The van der Waals surface area contributed by atoms with Crippen molar-refractivity contribution in [3.63, 3.8) is 0 Å². The number of carbonyl (C=O) groups excluding carboxylic acids is 2. The molecule has 3 aromatic carbocycles. The highest BCUT2D eigenvalue weighted by molar-refractivity contribution is 6.08. The second-order valence-corrected chi connectivity index (χ2v) is 9.61. The minimum atomic E-state index is -1.09. The first-order valence-electron chi connectivity index (χ1n) is 13.4. The number of ether oxygens (including phenoxy) is 2. The van der Waals surface area contributed by atoms with E-state index in [1.54, 1.807) is 14.0 Å². The number of rotatable bonds is 7. The summed E-state index contributed by atoms with van der Waals surface area (Å²) in [7, 11) is 1.57. The second-order valence-electron chi connectivity index (χ2n) is 9.61. The number of para-hydroxylation sites is 1. The Morgan fingerprint density at radius 2 is 1.51 bits per heavy atom. The quantitative estimate of drug-likeness (QED) is 0.373. The van der Waals surface area contributed by atoms with E-state index >= 15 is 0 Å². The van der Waals surface area contributed by atoms with Crippen LogP contribution in [0.2, 0.25) is 0 Å². The van der Waals surface area contributed by atoms with Crippen LogP contribution in [-0.4, -0.2) is 67.5 Å². The van der Waals surface area contributed by atoms with Crippen molar-refractivity contribution in [1.29, 1.82) is 0 Å². The van der Waals surface area contributed by atoms with Crippen LogP contribution >= 0.6 is 0 Å². The molecular weight excluding hydrogens is 492 g/mol. The molecule has 2 aliphatic heterocycles. The van der Waals surface area contributed by atoms with E-state index in [9.17, 15) is 9.59 Å². The zero-order valence-electron chi connectivity index (χ0n) is 22.3. The highest BCUT2D eigenvalue weighted by Gasteiger charge is 2.43. The fourth-order valence-electron chi connectivity index (χ4n) is 5.44. The van der Waals surface area contributed by atoms with Crippen molar-refractivity contribution in [2.75, 3.05) is 39.9 Å². The topological polar surface area (TPSA) is 83.5 Å². The van der Waals surface area contributed by atoms with Gasteiger partial charge in [-0.1, -0.05) is 78.9 Å². The van der Waals surface area contributed by atoms with Crippen molar-refractivity contribution < 1.29 is 19.1 Å². The predicted octanol–water partition coefficient (Wildman–Crippen LogP) is 3.81. The molecular formula is C31H34N4O4. The van der Waals surface area contributed by atoms with Crippen molar-refractivity contribution in [3.8, 4) is 5.75 Å². The van der Waals surface area contributed by atoms with Gasteiger partial charge in [0.15, 0.2) is 5.92 Å². The van der Waals surface area contributed by atoms with Crippen LogP contribution in [0.15, 0.2) is 89.9 Å². The number of aliphatic imine (C=N–C) groups is 1. The summed E-state index contributed by atoms with van der Waals surface area (Å²) in [5.74, 6) is -1.04. The number of methoxy groups -OCH3 is 1. The Hall–Kier alpha value is -4.17. The lowest BCUT2D eigenvalue weighted by Gasteiger charge is -2.42. The van der Waals surface area contributed by atoms with E-state index in [-0.39, 0.29) is 12.6 Å². The summed E-state index contributed by atoms with van der Waals surface area (Å²) < 4.78 is 10.8. The minimum Gasteiger partial charge on any atom is -0.496 e. The molecule has 39 heavy (non-hydrogen) atoms. The smallest absolute Gasteiger partial charge is 0.321 e. The highest BCUT2D eigenvalue weighted by atomic mass is 16.5. The third-order valence-electron chi connectivity index (χ3n) is 7.30. The summed E-state index contributed by atoms with van der Waals surface area (Å²) in [6, 6.07) is 27.8. The molecule has 0 radical (unpaired) electrons. The maximum absolute atomic E-state index is 13.3. The van der Waals surface area contributed by atoms with Gasteiger partial charge >= 0.3 is 5.97 Å². The van der Waals surface area contributed by atoms with E-state index in [0.29, 0.717) is 30.4 Å². The van der Waals surface area contributed by atoms with Crippen LogP contribution in [0.25, 0.3) is 0 Å². The Labute approximate surface area is 229 Å². The van der Waals surface area contributed by atoms with Crippen LogP contribution in [0.1, 0.15) is 35.7 Å². The molecule has 202 valence electrons. The lowest BCUT2D eigenvalue weighted by molar-refractivity contribution is -0.153. The van der Waals surface area contributed by atoms with E-state index in [0.717, 1.165) is 13.1 Å². The highest BCUT2D eigenvalue weighted by Crippen LogP contribution is 2.36. The van der Waals surface area contributed by atoms with Crippen molar-refractivity contribution in [2.45, 2.75) is 19.0 Å². The molecule has 0 aromatic heterocycles. The van der Waals surface area contributed by atoms with Crippen LogP contribution in [0, 0.1) is 5.92 Å². The molecule has 0 bridgehead atoms. The molecule has 5 rings (SSSR count). The van der Waals surface area contributed by atoms with Crippen LogP contribution in [0.5, 0.6) is 5.75 Å². The molecule has 8 heteroatoms. The van der Waals surface area contributed by atoms with Crippen LogP contribution < -0.4 is 10.1 Å². The van der Waals surface area contributed by atoms with Crippen LogP contribution in [0.3, 0.4) is 0 Å². The van der Waals surface area contributed by atoms with Gasteiger partial charge in [0.05, 0.1) is 19.8 Å². The first-order chi connectivity index (χ1) is 19.1. The second kappa shape index (κ2) is 12.1. The number of hydrogen-bond donors (Lipinski definition) is 1. The van der Waals surface area contributed by atoms with Crippen molar-refractivity contribution in [3.05, 3.63) is 102 Å². The number of carbonyl (C=O) groups is 2. The first kappa shape index (κ1) is 26.4. The van der Waals surface area contributed by atoms with Crippen LogP contribution in [-0.2, 0) is 14.3 Å². The van der Waals surface area contributed by atoms with E-state index in [1.807, 2.05) is 36.4 Å². The summed E-state index contributed by atoms with van der Waals surface area (Å²) >= 11 is 0. The summed E-state index contributed by atoms with van der Waals surface area (Å²) in [6.45, 7) is 4.83. The first-order valence-corrected chi connectivity index (χ1v) is 13.4. The molecule has 1 saturated heterocycles. The molecule has 2 heterocycles. The maximum Gasteiger partial charge on any atom is 0.321 e. The van der Waals surface area contributed by atoms with Crippen LogP contribution in [0.4, 0.5) is 0 Å². The Morgan fingerprint density at radius 3 is 2.10 bits per heavy atom. The van der Waals surface area contributed by atoms with Gasteiger partial charge in [0, 0.05) is 31.7 Å². The normalized spacial score (nSPS) is 19.8. The summed E-state index contributed by atoms with van der Waals surface area (Å²) in [4.78, 5) is 35.6. The number of nitrogens with zero attached hydrogens (tertiary/aromatic N) is 3. The Kier molecular flexibility index (Phi) is 8.22. The molecule has 1 N–H and O–H groups in total. The number of hydrogen-bond acceptors (Lipinski definition) is 7. The van der Waals surface area contributed by atoms with Gasteiger partial charge in [-0.2, -0.15) is 0 Å². The molecule has 0 unspecified atom stereocenters. The average molecular weight is 527 g/mol. The van der Waals surface area contributed by atoms with Gasteiger partial charge in [-0.05, 0) is 24.1 Å². The summed E-state index contributed by atoms with van der Waals surface area (Å²) in [5.41, 5.74) is 3.17. The lowest BCUT2D eigenvalue weighted by atomic mass is 9.90. The monoisotopic (exact) mass is 526 g/mol. The van der Waals surface area contributed by atoms with Gasteiger partial charge in [-0.15, -0.1) is 0 Å². The molecule has 0 saturated carbocycles. The number of piperazine rings is 1. The van der Waals surface area contributed by atoms with Crippen molar-refractivity contribution in [1.82, 2.24) is 15.1 Å². The Balaban J connectivity index is 1.40. The SMILES string of the molecule is CCOC(=O)[C@@H]1C(=O)NC(N2CCN(C(c3ccccc3)c3ccccc3)CC2)=N[C@H]1c1ccccc1OC. The third-order valence-corrected chi connectivity index (χ3v) is 7.30. The number of esters is 1. The zero-order valence-corrected chi connectivity index (χ0v) is 22.3. The molecule has 0 spiro atoms. The van der Waals surface area contributed by atoms with E-state index < -0.39 is 23.8 Å². The van der Waals surface area contributed by atoms with Gasteiger partial charge in [-0.25, -0.2) is 4.99 Å². The molecule has 3 aromatic rings. The summed E-state index contributed by atoms with van der Waals surface area (Å²) in [6.07, 6.45) is 0. The van der Waals surface area contributed by atoms with Gasteiger partial charge < -0.3 is 14.4 Å². The van der Waals surface area contributed by atoms with E-state index in [1.165, 1.54) is 11.1 Å². The molecule has 2 aliphatic rings. The van der Waals surface area contributed by atoms with Gasteiger partial charge in [0.25, 0.3) is 0 Å². The van der Waals surface area contributed by atoms with E-state index in [4.69, 9.17) is 14.5 Å². The molecule has 1 amide bonds. The molecule has 1 fully saturated rings. The standard InChI is InChI=1S/C31H34N4O4/c1-3-39-30(37)26-27(24-16-10-11-17-25(24)38-2)32-31(33-29(26)36)35-20-18-34(19-21-35)28(22-12-6-4-7-13-22)23-14-8-5-9-15-23/h4-17,26-28H,3,18-21H2,1-2H3,(H,32,33,36)/t26-,27-/m0/s1. The van der Waals surface area contributed by atoms with E-state index in [2.05, 4.69) is 63.6 Å². The number of benzene rings is 3. The average Bonchev–Trinajstić information content (AvgIpc) is 2.98. The number of guanidine groups is 1. The summed E-state index contributed by atoms with van der Waals surface area (Å²) in [5, 5.41) is 2.90. The molecule has 2 atom stereocenters. The lowest BCUT2D eigenvalue weighted by Crippen LogP contribution is -2.57. The fraction of sp³-hybridized carbons (Fsp3) is 0.323. The Bertz CT molecular complexity index is 1270. The number of amides is 1.